The van der Waals surface area contributed by atoms with Crippen molar-refractivity contribution < 1.29 is 9.53 Å². The van der Waals surface area contributed by atoms with Crippen molar-refractivity contribution in [2.45, 2.75) is 20.0 Å². The molecule has 0 aromatic heterocycles. The molecule has 0 bridgehead atoms. The molecule has 0 fully saturated rings. The Labute approximate surface area is 143 Å². The van der Waals surface area contributed by atoms with Gasteiger partial charge in [-0.05, 0) is 50.2 Å². The van der Waals surface area contributed by atoms with Gasteiger partial charge in [0.2, 0.25) is 5.91 Å². The topological polar surface area (TPSA) is 50.4 Å². The molecule has 1 atom stereocenters. The number of likely N-dealkylation sites (N-methyl/N-ethyl adjacent to an activating group) is 1. The molecule has 0 aliphatic heterocycles. The van der Waals surface area contributed by atoms with Gasteiger partial charge in [0, 0.05) is 5.69 Å². The Morgan fingerprint density at radius 2 is 1.87 bits per heavy atom. The number of carbonyl (C=O) groups excluding carboxylic acids is 1. The lowest BCUT2D eigenvalue weighted by molar-refractivity contribution is -0.115. The minimum atomic E-state index is -0.0584. The summed E-state index contributed by atoms with van der Waals surface area (Å²) >= 11 is 0. The number of anilines is 1. The molecule has 1 unspecified atom stereocenters. The molecular formula is C18H23ClN2O2. The standard InChI is InChI=1S/C18H22N2O2.ClH/c1-13-11-16(9-10-17(13)20-18(21)12-19-3)22-14(2)15-7-5-4-6-8-15;/h4-11,14,19H,12H2,1-3H3,(H,20,21);1H. The summed E-state index contributed by atoms with van der Waals surface area (Å²) in [6.07, 6.45) is -0.0228. The first-order valence-electron chi connectivity index (χ1n) is 7.37. The van der Waals surface area contributed by atoms with Gasteiger partial charge in [-0.15, -0.1) is 12.4 Å². The Hall–Kier alpha value is -2.04. The lowest BCUT2D eigenvalue weighted by Crippen LogP contribution is -2.25. The maximum atomic E-state index is 11.6. The second-order valence-electron chi connectivity index (χ2n) is 5.23. The van der Waals surface area contributed by atoms with Gasteiger partial charge in [0.15, 0.2) is 0 Å². The Bertz CT molecular complexity index is 632. The van der Waals surface area contributed by atoms with Crippen LogP contribution in [0.25, 0.3) is 0 Å². The van der Waals surface area contributed by atoms with Crippen LogP contribution >= 0.6 is 12.4 Å². The number of hydrogen-bond acceptors (Lipinski definition) is 3. The van der Waals surface area contributed by atoms with Crippen molar-refractivity contribution in [2.24, 2.45) is 0 Å². The van der Waals surface area contributed by atoms with Crippen LogP contribution in [-0.2, 0) is 4.79 Å². The van der Waals surface area contributed by atoms with Gasteiger partial charge in [-0.1, -0.05) is 30.3 Å². The van der Waals surface area contributed by atoms with Crippen LogP contribution in [0.5, 0.6) is 5.75 Å². The van der Waals surface area contributed by atoms with E-state index in [1.165, 1.54) is 0 Å². The highest BCUT2D eigenvalue weighted by Crippen LogP contribution is 2.26. The zero-order chi connectivity index (χ0) is 15.9. The second kappa shape index (κ2) is 9.18. The fraction of sp³-hybridized carbons (Fsp3) is 0.278. The fourth-order valence-corrected chi connectivity index (χ4v) is 2.20. The average Bonchev–Trinajstić information content (AvgIpc) is 2.51. The summed E-state index contributed by atoms with van der Waals surface area (Å²) in [5, 5.41) is 5.69. The molecule has 2 aromatic carbocycles. The number of hydrogen-bond donors (Lipinski definition) is 2. The molecule has 4 nitrogen and oxygen atoms in total. The third kappa shape index (κ3) is 5.58. The fourth-order valence-electron chi connectivity index (χ4n) is 2.20. The first-order chi connectivity index (χ1) is 10.6. The van der Waals surface area contributed by atoms with E-state index in [4.69, 9.17) is 4.74 Å². The summed E-state index contributed by atoms with van der Waals surface area (Å²) in [4.78, 5) is 11.6. The van der Waals surface area contributed by atoms with Crippen LogP contribution in [0.2, 0.25) is 0 Å². The van der Waals surface area contributed by atoms with Crippen LogP contribution < -0.4 is 15.4 Å². The molecule has 0 heterocycles. The van der Waals surface area contributed by atoms with Gasteiger partial charge < -0.3 is 15.4 Å². The molecule has 2 aromatic rings. The number of nitrogens with one attached hydrogen (secondary N) is 2. The molecule has 2 rings (SSSR count). The largest absolute Gasteiger partial charge is 0.486 e. The van der Waals surface area contributed by atoms with Crippen molar-refractivity contribution in [3.8, 4) is 5.75 Å². The zero-order valence-corrected chi connectivity index (χ0v) is 14.4. The third-order valence-corrected chi connectivity index (χ3v) is 3.39. The molecule has 0 aliphatic rings. The third-order valence-electron chi connectivity index (χ3n) is 3.39. The maximum Gasteiger partial charge on any atom is 0.238 e. The van der Waals surface area contributed by atoms with Crippen molar-refractivity contribution in [1.82, 2.24) is 5.32 Å². The molecule has 0 saturated carbocycles. The number of amides is 1. The van der Waals surface area contributed by atoms with Crippen molar-refractivity contribution in [1.29, 1.82) is 0 Å². The van der Waals surface area contributed by atoms with E-state index in [1.807, 2.05) is 62.4 Å². The molecule has 124 valence electrons. The number of rotatable bonds is 6. The molecular weight excluding hydrogens is 312 g/mol. The van der Waals surface area contributed by atoms with Crippen LogP contribution in [0.4, 0.5) is 5.69 Å². The highest BCUT2D eigenvalue weighted by Gasteiger charge is 2.09. The highest BCUT2D eigenvalue weighted by atomic mass is 35.5. The quantitative estimate of drug-likeness (QED) is 0.846. The number of aryl methyl sites for hydroxylation is 1. The predicted molar refractivity (Wildman–Crippen MR) is 96.5 cm³/mol. The number of carbonyl (C=O) groups is 1. The summed E-state index contributed by atoms with van der Waals surface area (Å²) in [6.45, 7) is 4.27. The molecule has 0 saturated heterocycles. The maximum absolute atomic E-state index is 11.6. The molecule has 0 radical (unpaired) electrons. The van der Waals surface area contributed by atoms with E-state index in [9.17, 15) is 4.79 Å². The zero-order valence-electron chi connectivity index (χ0n) is 13.6. The first kappa shape index (κ1) is 19.0. The van der Waals surface area contributed by atoms with Gasteiger partial charge >= 0.3 is 0 Å². The summed E-state index contributed by atoms with van der Waals surface area (Å²) in [5.41, 5.74) is 2.91. The van der Waals surface area contributed by atoms with Gasteiger partial charge in [-0.25, -0.2) is 0 Å². The molecule has 0 aliphatic carbocycles. The van der Waals surface area contributed by atoms with Crippen LogP contribution in [0.1, 0.15) is 24.2 Å². The summed E-state index contributed by atoms with van der Waals surface area (Å²) < 4.78 is 5.96. The number of halogens is 1. The Balaban J connectivity index is 0.00000264. The lowest BCUT2D eigenvalue weighted by Gasteiger charge is -2.16. The molecule has 5 heteroatoms. The van der Waals surface area contributed by atoms with Crippen molar-refractivity contribution in [2.75, 3.05) is 18.9 Å². The van der Waals surface area contributed by atoms with E-state index < -0.39 is 0 Å². The Kier molecular flexibility index (Phi) is 7.59. The van der Waals surface area contributed by atoms with Crippen molar-refractivity contribution in [3.05, 3.63) is 59.7 Å². The van der Waals surface area contributed by atoms with Gasteiger partial charge in [0.05, 0.1) is 6.54 Å². The van der Waals surface area contributed by atoms with Crippen LogP contribution in [0.3, 0.4) is 0 Å². The van der Waals surface area contributed by atoms with Crippen LogP contribution in [0.15, 0.2) is 48.5 Å². The minimum absolute atomic E-state index is 0. The molecule has 0 spiro atoms. The summed E-state index contributed by atoms with van der Waals surface area (Å²) in [7, 11) is 1.74. The van der Waals surface area contributed by atoms with Crippen LogP contribution in [-0.4, -0.2) is 19.5 Å². The monoisotopic (exact) mass is 334 g/mol. The lowest BCUT2D eigenvalue weighted by atomic mass is 10.1. The number of benzene rings is 2. The Morgan fingerprint density at radius 1 is 1.17 bits per heavy atom. The normalized spacial score (nSPS) is 11.3. The molecule has 1 amide bonds. The van der Waals surface area contributed by atoms with Gasteiger partial charge in [0.25, 0.3) is 0 Å². The SMILES string of the molecule is CNCC(=O)Nc1ccc(OC(C)c2ccccc2)cc1C.Cl. The van der Waals surface area contributed by atoms with E-state index in [2.05, 4.69) is 10.6 Å². The van der Waals surface area contributed by atoms with E-state index >= 15 is 0 Å². The first-order valence-corrected chi connectivity index (χ1v) is 7.37. The van der Waals surface area contributed by atoms with Crippen LogP contribution in [0, 0.1) is 6.92 Å². The minimum Gasteiger partial charge on any atom is -0.486 e. The van der Waals surface area contributed by atoms with Gasteiger partial charge in [-0.3, -0.25) is 4.79 Å². The Morgan fingerprint density at radius 3 is 2.48 bits per heavy atom. The van der Waals surface area contributed by atoms with E-state index in [1.54, 1.807) is 7.05 Å². The van der Waals surface area contributed by atoms with E-state index in [-0.39, 0.29) is 24.4 Å². The molecule has 2 N–H and O–H groups in total. The summed E-state index contributed by atoms with van der Waals surface area (Å²) in [6, 6.07) is 15.8. The summed E-state index contributed by atoms with van der Waals surface area (Å²) in [5.74, 6) is 0.734. The molecule has 23 heavy (non-hydrogen) atoms. The number of ether oxygens (including phenoxy) is 1. The highest BCUT2D eigenvalue weighted by molar-refractivity contribution is 5.93. The second-order valence-corrected chi connectivity index (χ2v) is 5.23. The van der Waals surface area contributed by atoms with E-state index in [0.717, 1.165) is 22.6 Å². The smallest absolute Gasteiger partial charge is 0.238 e. The average molecular weight is 335 g/mol. The van der Waals surface area contributed by atoms with E-state index in [0.29, 0.717) is 6.54 Å². The van der Waals surface area contributed by atoms with Gasteiger partial charge in [0.1, 0.15) is 11.9 Å². The predicted octanol–water partition coefficient (Wildman–Crippen LogP) is 3.71. The van der Waals surface area contributed by atoms with Gasteiger partial charge in [-0.2, -0.15) is 0 Å². The van der Waals surface area contributed by atoms with Crippen molar-refractivity contribution >= 4 is 24.0 Å². The van der Waals surface area contributed by atoms with Crippen molar-refractivity contribution in [3.63, 3.8) is 0 Å².